The molecule has 0 saturated heterocycles. The van der Waals surface area contributed by atoms with Gasteiger partial charge in [-0.05, 0) is 25.8 Å². The summed E-state index contributed by atoms with van der Waals surface area (Å²) in [5, 5.41) is 4.86. The third-order valence-electron chi connectivity index (χ3n) is 3.84. The van der Waals surface area contributed by atoms with E-state index >= 15 is 0 Å². The van der Waals surface area contributed by atoms with Gasteiger partial charge in [-0.2, -0.15) is 0 Å². The number of H-pyrrole nitrogens is 1. The molecule has 3 amide bonds. The Bertz CT molecular complexity index is 631. The number of carbonyl (C=O) groups excluding carboxylic acids is 4. The van der Waals surface area contributed by atoms with Crippen molar-refractivity contribution in [2.75, 3.05) is 6.61 Å². The number of imide groups is 1. The van der Waals surface area contributed by atoms with E-state index in [4.69, 9.17) is 4.74 Å². The Morgan fingerprint density at radius 3 is 2.54 bits per heavy atom. The van der Waals surface area contributed by atoms with Crippen LogP contribution < -0.4 is 10.6 Å². The van der Waals surface area contributed by atoms with Crippen LogP contribution in [0.1, 0.15) is 59.9 Å². The average Bonchev–Trinajstić information content (AvgIpc) is 3.03. The third-order valence-corrected chi connectivity index (χ3v) is 3.84. The van der Waals surface area contributed by atoms with Crippen LogP contribution in [-0.2, 0) is 9.53 Å². The van der Waals surface area contributed by atoms with Gasteiger partial charge < -0.3 is 15.0 Å². The highest BCUT2D eigenvalue weighted by atomic mass is 16.5. The standard InChI is InChI=1S/C16H21N3O5/c1-10(20)11-7-13(17-8-11)15(22)24-9-14(21)19-16(23)18-12-5-3-2-4-6-12/h7-8,12,17H,2-6,9H2,1H3,(H2,18,19,21,23). The maximum absolute atomic E-state index is 11.7. The summed E-state index contributed by atoms with van der Waals surface area (Å²) in [6.45, 7) is 0.794. The quantitative estimate of drug-likeness (QED) is 0.557. The lowest BCUT2D eigenvalue weighted by Gasteiger charge is -2.22. The number of carbonyl (C=O) groups is 4. The van der Waals surface area contributed by atoms with E-state index < -0.39 is 24.5 Å². The van der Waals surface area contributed by atoms with Crippen LogP contribution >= 0.6 is 0 Å². The van der Waals surface area contributed by atoms with Gasteiger partial charge in [0, 0.05) is 17.8 Å². The number of Topliss-reactive ketones (excluding diaryl/α,β-unsaturated/α-hetero) is 1. The monoisotopic (exact) mass is 335 g/mol. The first kappa shape index (κ1) is 17.7. The largest absolute Gasteiger partial charge is 0.451 e. The van der Waals surface area contributed by atoms with Gasteiger partial charge in [0.2, 0.25) is 0 Å². The maximum Gasteiger partial charge on any atom is 0.355 e. The summed E-state index contributed by atoms with van der Waals surface area (Å²) in [6.07, 6.45) is 6.49. The van der Waals surface area contributed by atoms with Gasteiger partial charge in [-0.15, -0.1) is 0 Å². The summed E-state index contributed by atoms with van der Waals surface area (Å²) in [4.78, 5) is 48.8. The van der Waals surface area contributed by atoms with Gasteiger partial charge in [-0.1, -0.05) is 19.3 Å². The number of nitrogens with one attached hydrogen (secondary N) is 3. The van der Waals surface area contributed by atoms with Crippen LogP contribution in [0.5, 0.6) is 0 Å². The number of hydrogen-bond donors (Lipinski definition) is 3. The number of aromatic nitrogens is 1. The van der Waals surface area contributed by atoms with E-state index in [0.717, 1.165) is 25.7 Å². The topological polar surface area (TPSA) is 117 Å². The predicted octanol–water partition coefficient (Wildman–Crippen LogP) is 1.53. The van der Waals surface area contributed by atoms with Gasteiger partial charge in [0.05, 0.1) is 0 Å². The molecule has 0 atom stereocenters. The molecule has 0 unspecified atom stereocenters. The van der Waals surface area contributed by atoms with E-state index in [1.165, 1.54) is 25.6 Å². The summed E-state index contributed by atoms with van der Waals surface area (Å²) in [5.41, 5.74) is 0.415. The number of aromatic amines is 1. The molecule has 0 aromatic carbocycles. The van der Waals surface area contributed by atoms with Crippen LogP contribution in [0.3, 0.4) is 0 Å². The second-order valence-corrected chi connectivity index (χ2v) is 5.79. The number of hydrogen-bond acceptors (Lipinski definition) is 5. The molecule has 1 heterocycles. The molecule has 1 fully saturated rings. The highest BCUT2D eigenvalue weighted by molar-refractivity contribution is 5.99. The molecule has 8 nitrogen and oxygen atoms in total. The summed E-state index contributed by atoms with van der Waals surface area (Å²) in [7, 11) is 0. The first-order chi connectivity index (χ1) is 11.5. The van der Waals surface area contributed by atoms with E-state index in [1.54, 1.807) is 0 Å². The van der Waals surface area contributed by atoms with Gasteiger partial charge in [-0.25, -0.2) is 9.59 Å². The lowest BCUT2D eigenvalue weighted by molar-refractivity contribution is -0.123. The smallest absolute Gasteiger partial charge is 0.355 e. The van der Waals surface area contributed by atoms with E-state index in [0.29, 0.717) is 5.56 Å². The first-order valence-electron chi connectivity index (χ1n) is 7.92. The summed E-state index contributed by atoms with van der Waals surface area (Å²) in [6, 6.07) is 0.845. The van der Waals surface area contributed by atoms with Crippen LogP contribution in [0.15, 0.2) is 12.3 Å². The highest BCUT2D eigenvalue weighted by Gasteiger charge is 2.18. The zero-order chi connectivity index (χ0) is 17.5. The summed E-state index contributed by atoms with van der Waals surface area (Å²) >= 11 is 0. The van der Waals surface area contributed by atoms with Crippen molar-refractivity contribution >= 4 is 23.7 Å². The second kappa shape index (κ2) is 8.28. The van der Waals surface area contributed by atoms with Crippen LogP contribution in [0.25, 0.3) is 0 Å². The molecule has 0 bridgehead atoms. The van der Waals surface area contributed by atoms with Gasteiger partial charge in [-0.3, -0.25) is 14.9 Å². The molecule has 8 heteroatoms. The lowest BCUT2D eigenvalue weighted by Crippen LogP contribution is -2.46. The molecule has 130 valence electrons. The van der Waals surface area contributed by atoms with Gasteiger partial charge >= 0.3 is 12.0 Å². The molecule has 1 saturated carbocycles. The molecule has 0 radical (unpaired) electrons. The number of urea groups is 1. The van der Waals surface area contributed by atoms with Gasteiger partial charge in [0.1, 0.15) is 5.69 Å². The van der Waals surface area contributed by atoms with Gasteiger partial charge in [0.15, 0.2) is 12.4 Å². The van der Waals surface area contributed by atoms with Crippen LogP contribution in [0.4, 0.5) is 4.79 Å². The zero-order valence-electron chi connectivity index (χ0n) is 13.5. The van der Waals surface area contributed by atoms with Crippen molar-refractivity contribution in [3.8, 4) is 0 Å². The molecule has 1 aromatic rings. The summed E-state index contributed by atoms with van der Waals surface area (Å²) in [5.74, 6) is -1.68. The van der Waals surface area contributed by atoms with E-state index in [-0.39, 0.29) is 17.5 Å². The molecule has 24 heavy (non-hydrogen) atoms. The maximum atomic E-state index is 11.7. The fourth-order valence-corrected chi connectivity index (χ4v) is 2.56. The van der Waals surface area contributed by atoms with Crippen LogP contribution in [0.2, 0.25) is 0 Å². The van der Waals surface area contributed by atoms with Crippen molar-refractivity contribution in [2.45, 2.75) is 45.1 Å². The number of esters is 1. The number of rotatable bonds is 5. The minimum atomic E-state index is -0.773. The molecular weight excluding hydrogens is 314 g/mol. The van der Waals surface area contributed by atoms with E-state index in [1.807, 2.05) is 0 Å². The number of ketones is 1. The number of ether oxygens (including phenoxy) is 1. The third kappa shape index (κ3) is 5.22. The molecule has 1 aliphatic carbocycles. The van der Waals surface area contributed by atoms with Crippen LogP contribution in [0, 0.1) is 0 Å². The van der Waals surface area contributed by atoms with Crippen molar-refractivity contribution in [3.63, 3.8) is 0 Å². The molecule has 0 aliphatic heterocycles. The van der Waals surface area contributed by atoms with Gasteiger partial charge in [0.25, 0.3) is 5.91 Å². The first-order valence-corrected chi connectivity index (χ1v) is 7.92. The predicted molar refractivity (Wildman–Crippen MR) is 84.6 cm³/mol. The zero-order valence-corrected chi connectivity index (χ0v) is 13.5. The Morgan fingerprint density at radius 2 is 1.92 bits per heavy atom. The molecular formula is C16H21N3O5. The Morgan fingerprint density at radius 1 is 1.21 bits per heavy atom. The fourth-order valence-electron chi connectivity index (χ4n) is 2.56. The van der Waals surface area contributed by atoms with Crippen molar-refractivity contribution in [1.82, 2.24) is 15.6 Å². The Balaban J connectivity index is 1.72. The van der Waals surface area contributed by atoms with Crippen LogP contribution in [-0.4, -0.2) is 41.3 Å². The molecule has 3 N–H and O–H groups in total. The average molecular weight is 335 g/mol. The fraction of sp³-hybridized carbons (Fsp3) is 0.500. The summed E-state index contributed by atoms with van der Waals surface area (Å²) < 4.78 is 4.80. The SMILES string of the molecule is CC(=O)c1c[nH]c(C(=O)OCC(=O)NC(=O)NC2CCCCC2)c1. The van der Waals surface area contributed by atoms with Crippen molar-refractivity contribution in [3.05, 3.63) is 23.5 Å². The van der Waals surface area contributed by atoms with E-state index in [9.17, 15) is 19.2 Å². The highest BCUT2D eigenvalue weighted by Crippen LogP contribution is 2.17. The Labute approximate surface area is 139 Å². The Kier molecular flexibility index (Phi) is 6.11. The minimum Gasteiger partial charge on any atom is -0.451 e. The van der Waals surface area contributed by atoms with E-state index in [2.05, 4.69) is 15.6 Å². The second-order valence-electron chi connectivity index (χ2n) is 5.79. The van der Waals surface area contributed by atoms with Crippen molar-refractivity contribution < 1.29 is 23.9 Å². The number of amides is 3. The normalized spacial score (nSPS) is 14.7. The lowest BCUT2D eigenvalue weighted by atomic mass is 9.96. The molecule has 1 aromatic heterocycles. The molecule has 0 spiro atoms. The van der Waals surface area contributed by atoms with Crippen molar-refractivity contribution in [1.29, 1.82) is 0 Å². The van der Waals surface area contributed by atoms with Crippen molar-refractivity contribution in [2.24, 2.45) is 0 Å². The molecule has 1 aliphatic rings. The Hall–Kier alpha value is -2.64. The minimum absolute atomic E-state index is 0.0691. The molecule has 2 rings (SSSR count).